The van der Waals surface area contributed by atoms with Crippen LogP contribution in [0.2, 0.25) is 0 Å². The van der Waals surface area contributed by atoms with Gasteiger partial charge in [0.2, 0.25) is 15.9 Å². The normalized spacial score (nSPS) is 19.0. The maximum absolute atomic E-state index is 13.0. The lowest BCUT2D eigenvalue weighted by atomic mass is 10.2. The van der Waals surface area contributed by atoms with Gasteiger partial charge in [-0.3, -0.25) is 4.79 Å². The zero-order valence-corrected chi connectivity index (χ0v) is 15.0. The predicted molar refractivity (Wildman–Crippen MR) is 94.3 cm³/mol. The molecular formula is C17H24FN3O3S. The van der Waals surface area contributed by atoms with Crippen molar-refractivity contribution in [2.75, 3.05) is 43.4 Å². The molecule has 0 aromatic heterocycles. The summed E-state index contributed by atoms with van der Waals surface area (Å²) in [6, 6.07) is 6.24. The Labute approximate surface area is 148 Å². The van der Waals surface area contributed by atoms with Gasteiger partial charge in [-0.1, -0.05) is 0 Å². The molecule has 1 saturated carbocycles. The molecule has 1 aromatic carbocycles. The molecule has 25 heavy (non-hydrogen) atoms. The molecule has 1 heterocycles. The van der Waals surface area contributed by atoms with Crippen molar-refractivity contribution < 1.29 is 17.6 Å². The van der Waals surface area contributed by atoms with Gasteiger partial charge in [-0.15, -0.1) is 0 Å². The average molecular weight is 369 g/mol. The second-order valence-corrected chi connectivity index (χ2v) is 8.69. The minimum atomic E-state index is -3.30. The summed E-state index contributed by atoms with van der Waals surface area (Å²) in [6.07, 6.45) is 2.32. The Kier molecular flexibility index (Phi) is 5.58. The SMILES string of the molecule is O=C(NCCCS(=O)(=O)N1CCN(c2ccc(F)cc2)CC1)C1CC1. The number of carbonyl (C=O) groups excluding carboxylic acids is 1. The molecule has 0 spiro atoms. The number of anilines is 1. The molecule has 0 radical (unpaired) electrons. The molecular weight excluding hydrogens is 345 g/mol. The van der Waals surface area contributed by atoms with Gasteiger partial charge < -0.3 is 10.2 Å². The fourth-order valence-corrected chi connectivity index (χ4v) is 4.45. The molecule has 1 N–H and O–H groups in total. The molecule has 0 atom stereocenters. The van der Waals surface area contributed by atoms with E-state index in [0.717, 1.165) is 18.5 Å². The van der Waals surface area contributed by atoms with Crippen molar-refractivity contribution in [3.05, 3.63) is 30.1 Å². The standard InChI is InChI=1S/C17H24FN3O3S/c18-15-4-6-16(7-5-15)20-9-11-21(12-10-20)25(23,24)13-1-8-19-17(22)14-2-3-14/h4-7,14H,1-3,8-13H2,(H,19,22). The first kappa shape index (κ1) is 18.1. The molecule has 1 aliphatic carbocycles. The topological polar surface area (TPSA) is 69.7 Å². The van der Waals surface area contributed by atoms with Crippen molar-refractivity contribution in [2.24, 2.45) is 5.92 Å². The highest BCUT2D eigenvalue weighted by Gasteiger charge is 2.30. The summed E-state index contributed by atoms with van der Waals surface area (Å²) >= 11 is 0. The highest BCUT2D eigenvalue weighted by Crippen LogP contribution is 2.28. The Hall–Kier alpha value is -1.67. The van der Waals surface area contributed by atoms with Crippen molar-refractivity contribution in [2.45, 2.75) is 19.3 Å². The van der Waals surface area contributed by atoms with Crippen LogP contribution >= 0.6 is 0 Å². The second kappa shape index (κ2) is 7.70. The third kappa shape index (κ3) is 4.92. The number of nitrogens with zero attached hydrogens (tertiary/aromatic N) is 2. The number of benzene rings is 1. The zero-order valence-electron chi connectivity index (χ0n) is 14.2. The molecule has 1 saturated heterocycles. The summed E-state index contributed by atoms with van der Waals surface area (Å²) in [5, 5.41) is 2.79. The highest BCUT2D eigenvalue weighted by atomic mass is 32.2. The predicted octanol–water partition coefficient (Wildman–Crippen LogP) is 1.19. The Morgan fingerprint density at radius 2 is 1.76 bits per heavy atom. The van der Waals surface area contributed by atoms with Gasteiger partial charge in [-0.05, 0) is 43.5 Å². The van der Waals surface area contributed by atoms with Gasteiger partial charge >= 0.3 is 0 Å². The summed E-state index contributed by atoms with van der Waals surface area (Å²) in [7, 11) is -3.30. The first-order chi connectivity index (χ1) is 12.0. The third-order valence-corrected chi connectivity index (χ3v) is 6.61. The van der Waals surface area contributed by atoms with Crippen LogP contribution in [0.3, 0.4) is 0 Å². The number of sulfonamides is 1. The van der Waals surface area contributed by atoms with Crippen LogP contribution in [-0.4, -0.2) is 57.1 Å². The van der Waals surface area contributed by atoms with Gasteiger partial charge in [0.05, 0.1) is 5.75 Å². The van der Waals surface area contributed by atoms with E-state index in [9.17, 15) is 17.6 Å². The van der Waals surface area contributed by atoms with E-state index in [0.29, 0.717) is 39.1 Å². The Balaban J connectivity index is 1.42. The lowest BCUT2D eigenvalue weighted by molar-refractivity contribution is -0.122. The number of hydrogen-bond donors (Lipinski definition) is 1. The van der Waals surface area contributed by atoms with E-state index in [1.165, 1.54) is 16.4 Å². The van der Waals surface area contributed by atoms with Crippen LogP contribution in [0.5, 0.6) is 0 Å². The van der Waals surface area contributed by atoms with E-state index in [-0.39, 0.29) is 23.4 Å². The quantitative estimate of drug-likeness (QED) is 0.733. The minimum Gasteiger partial charge on any atom is -0.369 e. The number of piperazine rings is 1. The monoisotopic (exact) mass is 369 g/mol. The minimum absolute atomic E-state index is 0.0466. The summed E-state index contributed by atoms with van der Waals surface area (Å²) < 4.78 is 39.3. The highest BCUT2D eigenvalue weighted by molar-refractivity contribution is 7.89. The van der Waals surface area contributed by atoms with Crippen LogP contribution in [0.4, 0.5) is 10.1 Å². The molecule has 1 aromatic rings. The Bertz CT molecular complexity index is 696. The number of amides is 1. The lowest BCUT2D eigenvalue weighted by Crippen LogP contribution is -2.49. The van der Waals surface area contributed by atoms with Crippen LogP contribution in [-0.2, 0) is 14.8 Å². The van der Waals surface area contributed by atoms with Crippen LogP contribution < -0.4 is 10.2 Å². The summed E-state index contributed by atoms with van der Waals surface area (Å²) in [6.45, 7) is 2.43. The summed E-state index contributed by atoms with van der Waals surface area (Å²) in [5.41, 5.74) is 0.904. The van der Waals surface area contributed by atoms with E-state index in [1.807, 2.05) is 0 Å². The van der Waals surface area contributed by atoms with Gasteiger partial charge in [0.15, 0.2) is 0 Å². The number of rotatable bonds is 7. The number of carbonyl (C=O) groups is 1. The van der Waals surface area contributed by atoms with Gasteiger partial charge in [0.1, 0.15) is 5.82 Å². The molecule has 3 rings (SSSR count). The van der Waals surface area contributed by atoms with Crippen molar-refractivity contribution in [3.8, 4) is 0 Å². The fourth-order valence-electron chi connectivity index (χ4n) is 2.96. The lowest BCUT2D eigenvalue weighted by Gasteiger charge is -2.35. The van der Waals surface area contributed by atoms with Crippen molar-refractivity contribution in [1.29, 1.82) is 0 Å². The third-order valence-electron chi connectivity index (χ3n) is 4.65. The molecule has 0 bridgehead atoms. The van der Waals surface area contributed by atoms with Crippen LogP contribution in [0.25, 0.3) is 0 Å². The van der Waals surface area contributed by atoms with Crippen molar-refractivity contribution in [3.63, 3.8) is 0 Å². The fraction of sp³-hybridized carbons (Fsp3) is 0.588. The smallest absolute Gasteiger partial charge is 0.223 e. The number of halogens is 1. The molecule has 6 nitrogen and oxygen atoms in total. The Morgan fingerprint density at radius 3 is 2.36 bits per heavy atom. The van der Waals surface area contributed by atoms with Gasteiger partial charge in [0.25, 0.3) is 0 Å². The molecule has 2 aliphatic rings. The van der Waals surface area contributed by atoms with E-state index < -0.39 is 10.0 Å². The van der Waals surface area contributed by atoms with E-state index in [4.69, 9.17) is 0 Å². The Morgan fingerprint density at radius 1 is 1.12 bits per heavy atom. The summed E-state index contributed by atoms with van der Waals surface area (Å²) in [5.74, 6) is -0.0331. The molecule has 8 heteroatoms. The maximum Gasteiger partial charge on any atom is 0.223 e. The zero-order chi connectivity index (χ0) is 17.9. The van der Waals surface area contributed by atoms with Crippen molar-refractivity contribution in [1.82, 2.24) is 9.62 Å². The van der Waals surface area contributed by atoms with E-state index in [1.54, 1.807) is 12.1 Å². The van der Waals surface area contributed by atoms with Gasteiger partial charge in [0, 0.05) is 44.3 Å². The number of hydrogen-bond acceptors (Lipinski definition) is 4. The second-order valence-electron chi connectivity index (χ2n) is 6.60. The van der Waals surface area contributed by atoms with Crippen LogP contribution in [0.15, 0.2) is 24.3 Å². The van der Waals surface area contributed by atoms with Gasteiger partial charge in [-0.25, -0.2) is 12.8 Å². The van der Waals surface area contributed by atoms with Gasteiger partial charge in [-0.2, -0.15) is 4.31 Å². The molecule has 2 fully saturated rings. The molecule has 138 valence electrons. The maximum atomic E-state index is 13.0. The van der Waals surface area contributed by atoms with Crippen LogP contribution in [0.1, 0.15) is 19.3 Å². The molecule has 1 aliphatic heterocycles. The first-order valence-electron chi connectivity index (χ1n) is 8.72. The van der Waals surface area contributed by atoms with E-state index >= 15 is 0 Å². The van der Waals surface area contributed by atoms with E-state index in [2.05, 4.69) is 10.2 Å². The largest absolute Gasteiger partial charge is 0.369 e. The number of nitrogens with one attached hydrogen (secondary N) is 1. The molecule has 1 amide bonds. The average Bonchev–Trinajstić information content (AvgIpc) is 3.44. The summed E-state index contributed by atoms with van der Waals surface area (Å²) in [4.78, 5) is 13.6. The first-order valence-corrected chi connectivity index (χ1v) is 10.3. The molecule has 0 unspecified atom stereocenters. The van der Waals surface area contributed by atoms with Crippen LogP contribution in [0, 0.1) is 11.7 Å². The van der Waals surface area contributed by atoms with Crippen molar-refractivity contribution >= 4 is 21.6 Å².